The molecule has 0 saturated carbocycles. The highest BCUT2D eigenvalue weighted by Crippen LogP contribution is 2.31. The monoisotopic (exact) mass is 385 g/mol. The predicted molar refractivity (Wildman–Crippen MR) is 99.2 cm³/mol. The van der Waals surface area contributed by atoms with Crippen LogP contribution in [0.4, 0.5) is 0 Å². The summed E-state index contributed by atoms with van der Waals surface area (Å²) >= 11 is 1.28. The molecule has 2 saturated heterocycles. The Balaban J connectivity index is 1.76. The van der Waals surface area contributed by atoms with Gasteiger partial charge in [-0.25, -0.2) is 8.42 Å². The number of hydrogen-bond donors (Lipinski definition) is 1. The zero-order valence-corrected chi connectivity index (χ0v) is 16.5. The maximum atomic E-state index is 13.0. The minimum Gasteiger partial charge on any atom is -0.341 e. The fourth-order valence-corrected chi connectivity index (χ4v) is 6.94. The molecule has 3 heterocycles. The van der Waals surface area contributed by atoms with E-state index in [2.05, 4.69) is 5.32 Å². The average Bonchev–Trinajstić information content (AvgIpc) is 3.24. The molecule has 6 nitrogen and oxygen atoms in total. The lowest BCUT2D eigenvalue weighted by molar-refractivity contribution is -0.136. The Kier molecular flexibility index (Phi) is 5.82. The van der Waals surface area contributed by atoms with Crippen LogP contribution in [0, 0.1) is 12.8 Å². The fraction of sp³-hybridized carbons (Fsp3) is 0.706. The van der Waals surface area contributed by atoms with Crippen LogP contribution in [0.5, 0.6) is 0 Å². The van der Waals surface area contributed by atoms with Crippen LogP contribution in [-0.4, -0.2) is 62.8 Å². The highest BCUT2D eigenvalue weighted by Gasteiger charge is 2.42. The first-order chi connectivity index (χ1) is 11.9. The summed E-state index contributed by atoms with van der Waals surface area (Å²) in [6, 6.07) is 2.93. The second-order valence-corrected chi connectivity index (χ2v) is 10.4. The van der Waals surface area contributed by atoms with Crippen molar-refractivity contribution in [3.05, 3.63) is 17.0 Å². The topological polar surface area (TPSA) is 69.7 Å². The molecule has 0 spiro atoms. The van der Waals surface area contributed by atoms with Gasteiger partial charge >= 0.3 is 0 Å². The van der Waals surface area contributed by atoms with Gasteiger partial charge in [0, 0.05) is 24.5 Å². The van der Waals surface area contributed by atoms with Gasteiger partial charge in [0.15, 0.2) is 0 Å². The third-order valence-corrected chi connectivity index (χ3v) is 8.47. The van der Waals surface area contributed by atoms with E-state index >= 15 is 0 Å². The lowest BCUT2D eigenvalue weighted by Crippen LogP contribution is -2.51. The number of rotatable bonds is 5. The molecule has 1 aromatic rings. The van der Waals surface area contributed by atoms with Crippen molar-refractivity contribution in [2.45, 2.75) is 42.9 Å². The molecule has 0 aliphatic carbocycles. The van der Waals surface area contributed by atoms with E-state index < -0.39 is 16.1 Å². The minimum atomic E-state index is -3.58. The Morgan fingerprint density at radius 1 is 1.28 bits per heavy atom. The Morgan fingerprint density at radius 3 is 2.72 bits per heavy atom. The summed E-state index contributed by atoms with van der Waals surface area (Å²) in [5.41, 5.74) is 0. The van der Waals surface area contributed by atoms with Gasteiger partial charge < -0.3 is 10.2 Å². The van der Waals surface area contributed by atoms with Gasteiger partial charge in [-0.3, -0.25) is 4.79 Å². The molecule has 1 N–H and O–H groups in total. The van der Waals surface area contributed by atoms with Crippen molar-refractivity contribution < 1.29 is 13.2 Å². The summed E-state index contributed by atoms with van der Waals surface area (Å²) in [7, 11) is -1.66. The molecule has 0 aromatic carbocycles. The molecule has 140 valence electrons. The first kappa shape index (κ1) is 18.8. The van der Waals surface area contributed by atoms with Gasteiger partial charge in [-0.15, -0.1) is 11.3 Å². The van der Waals surface area contributed by atoms with E-state index in [0.717, 1.165) is 43.8 Å². The molecule has 2 aliphatic rings. The fourth-order valence-electron chi connectivity index (χ4n) is 3.87. The average molecular weight is 386 g/mol. The van der Waals surface area contributed by atoms with Crippen LogP contribution in [0.3, 0.4) is 0 Å². The molecule has 2 aliphatic heterocycles. The van der Waals surface area contributed by atoms with Crippen LogP contribution in [0.2, 0.25) is 0 Å². The number of carbonyl (C=O) groups excluding carboxylic acids is 1. The van der Waals surface area contributed by atoms with Crippen LogP contribution in [0.25, 0.3) is 0 Å². The van der Waals surface area contributed by atoms with E-state index in [0.29, 0.717) is 23.1 Å². The van der Waals surface area contributed by atoms with E-state index in [1.807, 2.05) is 24.9 Å². The number of sulfonamides is 1. The Bertz CT molecular complexity index is 714. The third kappa shape index (κ3) is 3.92. The zero-order chi connectivity index (χ0) is 18.0. The molecule has 0 radical (unpaired) electrons. The standard InChI is InChI=1S/C17H27N3O3S2/c1-13-7-8-16(24-13)25(22,23)20-10-4-6-15(20)17(21)19-9-3-5-14(12-19)11-18-2/h7-8,14-15,18H,3-6,9-12H2,1-2H3. The van der Waals surface area contributed by atoms with Crippen molar-refractivity contribution in [2.75, 3.05) is 33.2 Å². The number of carbonyl (C=O) groups is 1. The molecule has 2 atom stereocenters. The minimum absolute atomic E-state index is 0.0184. The van der Waals surface area contributed by atoms with Crippen molar-refractivity contribution in [1.82, 2.24) is 14.5 Å². The lowest BCUT2D eigenvalue weighted by atomic mass is 9.97. The number of thiophene rings is 1. The number of piperidine rings is 1. The lowest BCUT2D eigenvalue weighted by Gasteiger charge is -2.35. The summed E-state index contributed by atoms with van der Waals surface area (Å²) in [5, 5.41) is 3.18. The number of hydrogen-bond acceptors (Lipinski definition) is 5. The Hall–Kier alpha value is -0.960. The van der Waals surface area contributed by atoms with Gasteiger partial charge in [-0.2, -0.15) is 4.31 Å². The van der Waals surface area contributed by atoms with Crippen LogP contribution in [-0.2, 0) is 14.8 Å². The molecule has 1 aromatic heterocycles. The van der Waals surface area contributed by atoms with E-state index in [4.69, 9.17) is 0 Å². The van der Waals surface area contributed by atoms with Crippen molar-refractivity contribution in [3.8, 4) is 0 Å². The largest absolute Gasteiger partial charge is 0.341 e. The second kappa shape index (κ2) is 7.73. The van der Waals surface area contributed by atoms with Crippen LogP contribution < -0.4 is 5.32 Å². The van der Waals surface area contributed by atoms with Crippen molar-refractivity contribution in [1.29, 1.82) is 0 Å². The smallest absolute Gasteiger partial charge is 0.253 e. The molecule has 1 amide bonds. The molecular weight excluding hydrogens is 358 g/mol. The second-order valence-electron chi connectivity index (χ2n) is 6.99. The van der Waals surface area contributed by atoms with Gasteiger partial charge in [0.05, 0.1) is 0 Å². The molecule has 3 rings (SSSR count). The highest BCUT2D eigenvalue weighted by molar-refractivity contribution is 7.91. The first-order valence-electron chi connectivity index (χ1n) is 8.95. The van der Waals surface area contributed by atoms with Crippen molar-refractivity contribution in [3.63, 3.8) is 0 Å². The maximum Gasteiger partial charge on any atom is 0.253 e. The number of nitrogens with one attached hydrogen (secondary N) is 1. The van der Waals surface area contributed by atoms with E-state index in [9.17, 15) is 13.2 Å². The van der Waals surface area contributed by atoms with Crippen LogP contribution >= 0.6 is 11.3 Å². The normalized spacial score (nSPS) is 25.4. The van der Waals surface area contributed by atoms with Gasteiger partial charge in [-0.1, -0.05) is 0 Å². The Labute approximate surface area is 154 Å². The molecule has 0 bridgehead atoms. The molecule has 25 heavy (non-hydrogen) atoms. The van der Waals surface area contributed by atoms with E-state index in [1.54, 1.807) is 6.07 Å². The summed E-state index contributed by atoms with van der Waals surface area (Å²) in [5.74, 6) is 0.435. The number of likely N-dealkylation sites (tertiary alicyclic amines) is 1. The first-order valence-corrected chi connectivity index (χ1v) is 11.2. The number of aryl methyl sites for hydroxylation is 1. The SMILES string of the molecule is CNCC1CCCN(C(=O)C2CCCN2S(=O)(=O)c2ccc(C)s2)C1. The summed E-state index contributed by atoms with van der Waals surface area (Å²) in [6.07, 6.45) is 3.47. The van der Waals surface area contributed by atoms with Gasteiger partial charge in [0.25, 0.3) is 10.0 Å². The van der Waals surface area contributed by atoms with Crippen molar-refractivity contribution in [2.24, 2.45) is 5.92 Å². The summed E-state index contributed by atoms with van der Waals surface area (Å²) in [4.78, 5) is 15.9. The molecule has 2 unspecified atom stereocenters. The maximum absolute atomic E-state index is 13.0. The molecular formula is C17H27N3O3S2. The quantitative estimate of drug-likeness (QED) is 0.837. The molecule has 2 fully saturated rings. The third-order valence-electron chi connectivity index (χ3n) is 5.09. The van der Waals surface area contributed by atoms with Crippen molar-refractivity contribution >= 4 is 27.3 Å². The summed E-state index contributed by atoms with van der Waals surface area (Å²) in [6.45, 7) is 4.68. The highest BCUT2D eigenvalue weighted by atomic mass is 32.2. The predicted octanol–water partition coefficient (Wildman–Crippen LogP) is 1.67. The number of nitrogens with zero attached hydrogens (tertiary/aromatic N) is 2. The van der Waals surface area contributed by atoms with Crippen LogP contribution in [0.1, 0.15) is 30.6 Å². The van der Waals surface area contributed by atoms with Crippen LogP contribution in [0.15, 0.2) is 16.3 Å². The van der Waals surface area contributed by atoms with E-state index in [1.165, 1.54) is 15.6 Å². The zero-order valence-electron chi connectivity index (χ0n) is 14.9. The van der Waals surface area contributed by atoms with Gasteiger partial charge in [0.2, 0.25) is 5.91 Å². The van der Waals surface area contributed by atoms with E-state index in [-0.39, 0.29) is 5.91 Å². The Morgan fingerprint density at radius 2 is 2.04 bits per heavy atom. The number of amides is 1. The van der Waals surface area contributed by atoms with Gasteiger partial charge in [0.1, 0.15) is 10.3 Å². The molecule has 8 heteroatoms. The van der Waals surface area contributed by atoms with Gasteiger partial charge in [-0.05, 0) is 64.3 Å². The summed E-state index contributed by atoms with van der Waals surface area (Å²) < 4.78 is 27.7.